The van der Waals surface area contributed by atoms with Crippen LogP contribution < -0.4 is 26.0 Å². The fourth-order valence-corrected chi connectivity index (χ4v) is 3.61. The second-order valence-electron chi connectivity index (χ2n) is 9.25. The lowest BCUT2D eigenvalue weighted by atomic mass is 10.0. The Hall–Kier alpha value is -4.16. The highest BCUT2D eigenvalue weighted by molar-refractivity contribution is 5.94. The third-order valence-corrected chi connectivity index (χ3v) is 5.36. The molecule has 0 unspecified atom stereocenters. The number of carbonyl (C=O) groups is 4. The second-order valence-corrected chi connectivity index (χ2v) is 9.25. The summed E-state index contributed by atoms with van der Waals surface area (Å²) < 4.78 is 12.2. The first-order valence-corrected chi connectivity index (χ1v) is 11.3. The molecule has 13 nitrogen and oxygen atoms in total. The van der Waals surface area contributed by atoms with E-state index in [0.29, 0.717) is 22.6 Å². The Labute approximate surface area is 208 Å². The zero-order valence-corrected chi connectivity index (χ0v) is 21.0. The van der Waals surface area contributed by atoms with Gasteiger partial charge in [0.15, 0.2) is 0 Å². The van der Waals surface area contributed by atoms with Crippen molar-refractivity contribution >= 4 is 23.8 Å². The van der Waals surface area contributed by atoms with E-state index in [1.165, 1.54) is 32.0 Å². The minimum atomic E-state index is -1.17. The lowest BCUT2D eigenvalue weighted by Gasteiger charge is -2.25. The van der Waals surface area contributed by atoms with E-state index in [9.17, 15) is 19.2 Å². The number of nitrogens with one attached hydrogen (secondary N) is 4. The van der Waals surface area contributed by atoms with E-state index in [1.54, 1.807) is 39.0 Å². The Balaban J connectivity index is 2.11. The Morgan fingerprint density at radius 3 is 2.53 bits per heavy atom. The quantitative estimate of drug-likeness (QED) is 0.465. The summed E-state index contributed by atoms with van der Waals surface area (Å²) in [7, 11) is 2.94. The molecule has 2 heterocycles. The molecule has 1 aliphatic heterocycles. The van der Waals surface area contributed by atoms with Gasteiger partial charge in [0.1, 0.15) is 29.5 Å². The first kappa shape index (κ1) is 26.4. The highest BCUT2D eigenvalue weighted by atomic mass is 16.6. The van der Waals surface area contributed by atoms with Crippen molar-refractivity contribution in [2.45, 2.75) is 58.0 Å². The van der Waals surface area contributed by atoms with Gasteiger partial charge in [0.05, 0.1) is 25.5 Å². The molecule has 2 bridgehead atoms. The number of alkyl carbamates (subject to hydrolysis) is 1. The van der Waals surface area contributed by atoms with Crippen LogP contribution in [0, 0.1) is 0 Å². The van der Waals surface area contributed by atoms with Crippen molar-refractivity contribution in [3.05, 3.63) is 30.0 Å². The van der Waals surface area contributed by atoms with Gasteiger partial charge in [-0.05, 0) is 45.4 Å². The summed E-state index contributed by atoms with van der Waals surface area (Å²) in [5, 5.41) is 18.4. The standard InChI is InChI=1S/C23H31N7O6/c1-12-19(31)28-18(21(33)24-5)13-7-8-17(35-6)14(9-13)16-10-25-29-30(16)11-15(20(32)26-12)27-22(34)36-23(2,3)4/h7-10,12,15,18H,11H2,1-6H3,(H,24,33)(H,26,32)(H,27,34)(H,28,31)/t12-,15+,18+/m1/s1. The fourth-order valence-electron chi connectivity index (χ4n) is 3.61. The number of hydrogen-bond donors (Lipinski definition) is 4. The van der Waals surface area contributed by atoms with Crippen LogP contribution in [0.3, 0.4) is 0 Å². The molecule has 0 saturated carbocycles. The minimum Gasteiger partial charge on any atom is -0.496 e. The number of benzene rings is 1. The third-order valence-electron chi connectivity index (χ3n) is 5.36. The van der Waals surface area contributed by atoms with Crippen molar-refractivity contribution in [1.29, 1.82) is 0 Å². The van der Waals surface area contributed by atoms with E-state index in [0.717, 1.165) is 0 Å². The molecule has 4 amide bonds. The fraction of sp³-hybridized carbons (Fsp3) is 0.478. The maximum absolute atomic E-state index is 13.2. The number of methoxy groups -OCH3 is 1. The van der Waals surface area contributed by atoms with Crippen molar-refractivity contribution in [2.75, 3.05) is 14.2 Å². The third kappa shape index (κ3) is 6.09. The normalized spacial score (nSPS) is 20.3. The molecule has 0 aliphatic carbocycles. The van der Waals surface area contributed by atoms with Gasteiger partial charge in [0.25, 0.3) is 0 Å². The van der Waals surface area contributed by atoms with Crippen molar-refractivity contribution in [2.24, 2.45) is 0 Å². The van der Waals surface area contributed by atoms with E-state index >= 15 is 0 Å². The van der Waals surface area contributed by atoms with Crippen molar-refractivity contribution in [3.63, 3.8) is 0 Å². The van der Waals surface area contributed by atoms with Crippen LogP contribution in [0.2, 0.25) is 0 Å². The molecule has 0 fully saturated rings. The number of carbonyl (C=O) groups excluding carboxylic acids is 4. The SMILES string of the molecule is CNC(=O)[C@H]1NC(=O)[C@@H](C)NC(=O)[C@@H](NC(=O)OC(C)(C)C)Cn2nncc2-c2cc1ccc2OC. The number of ether oxygens (including phenoxy) is 2. The van der Waals surface area contributed by atoms with Gasteiger partial charge in [0, 0.05) is 12.6 Å². The summed E-state index contributed by atoms with van der Waals surface area (Å²) in [5.41, 5.74) is 0.670. The average molecular weight is 502 g/mol. The number of aromatic nitrogens is 3. The smallest absolute Gasteiger partial charge is 0.408 e. The molecule has 36 heavy (non-hydrogen) atoms. The predicted molar refractivity (Wildman–Crippen MR) is 128 cm³/mol. The average Bonchev–Trinajstić information content (AvgIpc) is 3.27. The number of likely N-dealkylation sites (N-methyl/N-ethyl adjacent to an activating group) is 1. The van der Waals surface area contributed by atoms with Gasteiger partial charge in [-0.15, -0.1) is 5.10 Å². The van der Waals surface area contributed by atoms with Crippen LogP contribution in [0.5, 0.6) is 5.75 Å². The number of nitrogens with zero attached hydrogens (tertiary/aromatic N) is 3. The molecule has 1 aromatic carbocycles. The van der Waals surface area contributed by atoms with E-state index < -0.39 is 47.5 Å². The Bertz CT molecular complexity index is 1160. The summed E-state index contributed by atoms with van der Waals surface area (Å²) in [6, 6.07) is 1.76. The predicted octanol–water partition coefficient (Wildman–Crippen LogP) is 0.269. The molecule has 13 heteroatoms. The highest BCUT2D eigenvalue weighted by Gasteiger charge is 2.31. The van der Waals surface area contributed by atoms with Gasteiger partial charge in [0.2, 0.25) is 17.7 Å². The van der Waals surface area contributed by atoms with Gasteiger partial charge in [-0.25, -0.2) is 9.48 Å². The maximum Gasteiger partial charge on any atom is 0.408 e. The molecular weight excluding hydrogens is 470 g/mol. The van der Waals surface area contributed by atoms with Crippen molar-refractivity contribution < 1.29 is 28.7 Å². The topological polar surface area (TPSA) is 166 Å². The number of fused-ring (bicyclic) bond motifs is 4. The lowest BCUT2D eigenvalue weighted by Crippen LogP contribution is -2.55. The van der Waals surface area contributed by atoms with Crippen LogP contribution in [0.15, 0.2) is 24.4 Å². The van der Waals surface area contributed by atoms with Crippen molar-refractivity contribution in [3.8, 4) is 17.0 Å². The second kappa shape index (κ2) is 10.6. The number of rotatable bonds is 3. The maximum atomic E-state index is 13.2. The summed E-state index contributed by atoms with van der Waals surface area (Å²) >= 11 is 0. The Morgan fingerprint density at radius 2 is 1.89 bits per heavy atom. The molecule has 0 radical (unpaired) electrons. The molecule has 3 atom stereocenters. The van der Waals surface area contributed by atoms with E-state index in [4.69, 9.17) is 9.47 Å². The number of hydrogen-bond acceptors (Lipinski definition) is 8. The largest absolute Gasteiger partial charge is 0.496 e. The van der Waals surface area contributed by atoms with Gasteiger partial charge in [-0.3, -0.25) is 14.4 Å². The zero-order valence-electron chi connectivity index (χ0n) is 21.0. The summed E-state index contributed by atoms with van der Waals surface area (Å²) in [5.74, 6) is -1.25. The van der Waals surface area contributed by atoms with Crippen LogP contribution in [-0.4, -0.2) is 70.7 Å². The monoisotopic (exact) mass is 501 g/mol. The summed E-state index contributed by atoms with van der Waals surface area (Å²) in [6.07, 6.45) is 0.657. The van der Waals surface area contributed by atoms with E-state index in [-0.39, 0.29) is 6.54 Å². The van der Waals surface area contributed by atoms with Gasteiger partial charge in [-0.2, -0.15) is 0 Å². The first-order chi connectivity index (χ1) is 16.9. The minimum absolute atomic E-state index is 0.124. The van der Waals surface area contributed by atoms with Gasteiger partial charge in [-0.1, -0.05) is 11.3 Å². The summed E-state index contributed by atoms with van der Waals surface area (Å²) in [4.78, 5) is 51.3. The molecule has 1 aromatic heterocycles. The molecule has 3 rings (SSSR count). The zero-order chi connectivity index (χ0) is 26.6. The molecule has 0 spiro atoms. The van der Waals surface area contributed by atoms with Crippen LogP contribution >= 0.6 is 0 Å². The highest BCUT2D eigenvalue weighted by Crippen LogP contribution is 2.32. The Morgan fingerprint density at radius 1 is 1.17 bits per heavy atom. The van der Waals surface area contributed by atoms with Crippen LogP contribution in [-0.2, 0) is 25.7 Å². The molecule has 1 aliphatic rings. The molecule has 194 valence electrons. The first-order valence-electron chi connectivity index (χ1n) is 11.3. The molecular formula is C23H31N7O6. The summed E-state index contributed by atoms with van der Waals surface area (Å²) in [6.45, 7) is 6.43. The number of amides is 4. The Kier molecular flexibility index (Phi) is 7.80. The van der Waals surface area contributed by atoms with Crippen molar-refractivity contribution in [1.82, 2.24) is 36.3 Å². The van der Waals surface area contributed by atoms with Gasteiger partial charge < -0.3 is 30.7 Å². The molecule has 2 aromatic rings. The lowest BCUT2D eigenvalue weighted by molar-refractivity contribution is -0.132. The van der Waals surface area contributed by atoms with Crippen LogP contribution in [0.4, 0.5) is 4.79 Å². The molecule has 4 N–H and O–H groups in total. The molecule has 0 saturated heterocycles. The van der Waals surface area contributed by atoms with Crippen LogP contribution in [0.1, 0.15) is 39.3 Å². The van der Waals surface area contributed by atoms with Crippen LogP contribution in [0.25, 0.3) is 11.3 Å². The van der Waals surface area contributed by atoms with E-state index in [2.05, 4.69) is 31.6 Å². The van der Waals surface area contributed by atoms with Gasteiger partial charge >= 0.3 is 6.09 Å². The van der Waals surface area contributed by atoms with E-state index in [1.807, 2.05) is 0 Å².